The molecule has 130 valence electrons. The fourth-order valence-electron chi connectivity index (χ4n) is 3.71. The molecule has 2 aliphatic rings. The first-order valence-electron chi connectivity index (χ1n) is 8.51. The number of benzene rings is 1. The van der Waals surface area contributed by atoms with Crippen LogP contribution in [-0.2, 0) is 16.8 Å². The van der Waals surface area contributed by atoms with Crippen LogP contribution in [0.15, 0.2) is 35.7 Å². The number of nitrogens with one attached hydrogen (secondary N) is 1. The Morgan fingerprint density at radius 3 is 2.96 bits per heavy atom. The normalized spacial score (nSPS) is 22.2. The molecule has 1 spiro atoms. The molecule has 1 fully saturated rings. The number of hydrogen-bond donors (Lipinski definition) is 1. The van der Waals surface area contributed by atoms with Crippen molar-refractivity contribution in [3.63, 3.8) is 0 Å². The summed E-state index contributed by atoms with van der Waals surface area (Å²) in [6.45, 7) is 2.51. The number of amides is 3. The lowest BCUT2D eigenvalue weighted by Crippen LogP contribution is -2.46. The van der Waals surface area contributed by atoms with Crippen molar-refractivity contribution >= 4 is 23.3 Å². The summed E-state index contributed by atoms with van der Waals surface area (Å²) >= 11 is 1.66. The van der Waals surface area contributed by atoms with E-state index in [0.717, 1.165) is 29.7 Å². The second-order valence-corrected chi connectivity index (χ2v) is 7.52. The summed E-state index contributed by atoms with van der Waals surface area (Å²) in [7, 11) is 0. The number of hydrogen-bond acceptors (Lipinski definition) is 4. The molecule has 1 unspecified atom stereocenters. The number of carbonyl (C=O) groups excluding carboxylic acids is 2. The molecular formula is C19H20N2O3S. The number of fused-ring (bicyclic) bond motifs is 2. The number of imide groups is 1. The molecule has 1 aliphatic carbocycles. The Kier molecular flexibility index (Phi) is 4.00. The first-order valence-corrected chi connectivity index (χ1v) is 9.39. The quantitative estimate of drug-likeness (QED) is 0.856. The van der Waals surface area contributed by atoms with Crippen LogP contribution in [0.3, 0.4) is 0 Å². The predicted octanol–water partition coefficient (Wildman–Crippen LogP) is 3.22. The maximum absolute atomic E-state index is 13.1. The third kappa shape index (κ3) is 2.61. The summed E-state index contributed by atoms with van der Waals surface area (Å²) < 4.78 is 5.75. The highest BCUT2D eigenvalue weighted by Crippen LogP contribution is 2.42. The van der Waals surface area contributed by atoms with Gasteiger partial charge in [0.05, 0.1) is 6.54 Å². The molecule has 2 heterocycles. The molecule has 0 saturated carbocycles. The lowest BCUT2D eigenvalue weighted by atomic mass is 9.80. The van der Waals surface area contributed by atoms with E-state index in [1.165, 1.54) is 9.78 Å². The number of rotatable bonds is 4. The first kappa shape index (κ1) is 16.1. The van der Waals surface area contributed by atoms with Crippen molar-refractivity contribution in [1.29, 1.82) is 0 Å². The lowest BCUT2D eigenvalue weighted by Gasteiger charge is -2.31. The molecule has 1 aliphatic heterocycles. The van der Waals surface area contributed by atoms with Gasteiger partial charge in [0.2, 0.25) is 0 Å². The Morgan fingerprint density at radius 2 is 2.12 bits per heavy atom. The maximum Gasteiger partial charge on any atom is 0.325 e. The van der Waals surface area contributed by atoms with Gasteiger partial charge < -0.3 is 10.1 Å². The van der Waals surface area contributed by atoms with Gasteiger partial charge in [-0.15, -0.1) is 11.3 Å². The van der Waals surface area contributed by atoms with Crippen LogP contribution in [0.1, 0.15) is 28.8 Å². The summed E-state index contributed by atoms with van der Waals surface area (Å²) in [5, 5.41) is 4.96. The second-order valence-electron chi connectivity index (χ2n) is 6.52. The number of urea groups is 1. The molecule has 4 rings (SSSR count). The molecule has 0 radical (unpaired) electrons. The maximum atomic E-state index is 13.1. The van der Waals surface area contributed by atoms with E-state index in [4.69, 9.17) is 4.74 Å². The smallest absolute Gasteiger partial charge is 0.325 e. The van der Waals surface area contributed by atoms with Crippen molar-refractivity contribution in [3.8, 4) is 5.75 Å². The first-order chi connectivity index (χ1) is 12.1. The molecule has 25 heavy (non-hydrogen) atoms. The van der Waals surface area contributed by atoms with Gasteiger partial charge >= 0.3 is 6.03 Å². The van der Waals surface area contributed by atoms with Crippen LogP contribution < -0.4 is 10.1 Å². The van der Waals surface area contributed by atoms with Gasteiger partial charge in [-0.1, -0.05) is 18.2 Å². The zero-order valence-corrected chi connectivity index (χ0v) is 14.9. The Morgan fingerprint density at radius 1 is 1.28 bits per heavy atom. The minimum absolute atomic E-state index is 0.148. The third-order valence-electron chi connectivity index (χ3n) is 5.00. The third-order valence-corrected chi connectivity index (χ3v) is 5.98. The summed E-state index contributed by atoms with van der Waals surface area (Å²) in [5.74, 6) is 0.632. The van der Waals surface area contributed by atoms with Crippen molar-refractivity contribution in [2.45, 2.75) is 31.7 Å². The number of thiophene rings is 1. The molecule has 1 atom stereocenters. The molecule has 2 aromatic rings. The van der Waals surface area contributed by atoms with E-state index < -0.39 is 5.54 Å². The Hall–Kier alpha value is -2.34. The molecule has 3 amide bonds. The van der Waals surface area contributed by atoms with Crippen molar-refractivity contribution in [2.24, 2.45) is 0 Å². The summed E-state index contributed by atoms with van der Waals surface area (Å²) in [6, 6.07) is 9.37. The van der Waals surface area contributed by atoms with Gasteiger partial charge in [0.15, 0.2) is 0 Å². The second kappa shape index (κ2) is 6.19. The highest BCUT2D eigenvalue weighted by molar-refractivity contribution is 7.10. The molecule has 1 aromatic carbocycles. The van der Waals surface area contributed by atoms with E-state index in [2.05, 4.69) is 5.32 Å². The Balaban J connectivity index is 1.49. The number of carbonyl (C=O) groups is 2. The monoisotopic (exact) mass is 356 g/mol. The fourth-order valence-corrected chi connectivity index (χ4v) is 4.71. The number of aryl methyl sites for hydroxylation is 2. The minimum atomic E-state index is -0.868. The van der Waals surface area contributed by atoms with Gasteiger partial charge in [0.25, 0.3) is 5.91 Å². The largest absolute Gasteiger partial charge is 0.491 e. The summed E-state index contributed by atoms with van der Waals surface area (Å²) in [6.07, 6.45) is 2.55. The average molecular weight is 356 g/mol. The van der Waals surface area contributed by atoms with Crippen LogP contribution in [0.25, 0.3) is 0 Å². The van der Waals surface area contributed by atoms with Gasteiger partial charge in [0, 0.05) is 10.4 Å². The van der Waals surface area contributed by atoms with Crippen LogP contribution in [0, 0.1) is 6.92 Å². The Bertz CT molecular complexity index is 832. The van der Waals surface area contributed by atoms with E-state index in [1.54, 1.807) is 11.3 Å². The Labute approximate surface area is 150 Å². The van der Waals surface area contributed by atoms with Crippen molar-refractivity contribution in [1.82, 2.24) is 10.2 Å². The molecule has 6 heteroatoms. The van der Waals surface area contributed by atoms with Gasteiger partial charge in [-0.25, -0.2) is 4.79 Å². The van der Waals surface area contributed by atoms with Crippen molar-refractivity contribution < 1.29 is 14.3 Å². The molecule has 1 aromatic heterocycles. The van der Waals surface area contributed by atoms with E-state index in [0.29, 0.717) is 6.42 Å². The SMILES string of the molecule is Cc1ccccc1OCCN1C(=O)NC2(CCCc3sccc32)C1=O. The topological polar surface area (TPSA) is 58.6 Å². The van der Waals surface area contributed by atoms with Gasteiger partial charge in [-0.05, 0) is 49.3 Å². The van der Waals surface area contributed by atoms with Gasteiger partial charge in [-0.3, -0.25) is 9.69 Å². The number of ether oxygens (including phenoxy) is 1. The molecular weight excluding hydrogens is 336 g/mol. The van der Waals surface area contributed by atoms with Crippen LogP contribution >= 0.6 is 11.3 Å². The molecule has 5 nitrogen and oxygen atoms in total. The number of nitrogens with zero attached hydrogens (tertiary/aromatic N) is 1. The van der Waals surface area contributed by atoms with E-state index in [1.807, 2.05) is 42.6 Å². The van der Waals surface area contributed by atoms with Crippen LogP contribution in [0.5, 0.6) is 5.75 Å². The molecule has 1 N–H and O–H groups in total. The van der Waals surface area contributed by atoms with Crippen LogP contribution in [0.4, 0.5) is 4.79 Å². The minimum Gasteiger partial charge on any atom is -0.491 e. The molecule has 0 bridgehead atoms. The summed E-state index contributed by atoms with van der Waals surface area (Å²) in [4.78, 5) is 28.0. The zero-order valence-electron chi connectivity index (χ0n) is 14.1. The van der Waals surface area contributed by atoms with Crippen molar-refractivity contribution in [2.75, 3.05) is 13.2 Å². The fraction of sp³-hybridized carbons (Fsp3) is 0.368. The molecule has 1 saturated heterocycles. The number of para-hydroxylation sites is 1. The summed E-state index contributed by atoms with van der Waals surface area (Å²) in [5.41, 5.74) is 1.14. The van der Waals surface area contributed by atoms with E-state index >= 15 is 0 Å². The van der Waals surface area contributed by atoms with E-state index in [-0.39, 0.29) is 25.1 Å². The predicted molar refractivity (Wildman–Crippen MR) is 95.9 cm³/mol. The van der Waals surface area contributed by atoms with Crippen LogP contribution in [0.2, 0.25) is 0 Å². The van der Waals surface area contributed by atoms with Gasteiger partial charge in [-0.2, -0.15) is 0 Å². The average Bonchev–Trinajstić information content (AvgIpc) is 3.17. The van der Waals surface area contributed by atoms with Gasteiger partial charge in [0.1, 0.15) is 17.9 Å². The lowest BCUT2D eigenvalue weighted by molar-refractivity contribution is -0.132. The standard InChI is InChI=1S/C19H20N2O3S/c1-13-5-2-3-6-15(13)24-11-10-21-17(22)19(20-18(21)23)9-4-7-16-14(19)8-12-25-16/h2-3,5-6,8,12H,4,7,9-11H2,1H3,(H,20,23). The highest BCUT2D eigenvalue weighted by Gasteiger charge is 2.54. The zero-order chi connectivity index (χ0) is 17.4. The van der Waals surface area contributed by atoms with Crippen molar-refractivity contribution in [3.05, 3.63) is 51.7 Å². The van der Waals surface area contributed by atoms with E-state index in [9.17, 15) is 9.59 Å². The van der Waals surface area contributed by atoms with Crippen LogP contribution in [-0.4, -0.2) is 30.0 Å². The highest BCUT2D eigenvalue weighted by atomic mass is 32.1.